The lowest BCUT2D eigenvalue weighted by Crippen LogP contribution is -2.01. The Labute approximate surface area is 109 Å². The quantitative estimate of drug-likeness (QED) is 0.737. The first kappa shape index (κ1) is 11.4. The van der Waals surface area contributed by atoms with Crippen LogP contribution in [0.3, 0.4) is 0 Å². The van der Waals surface area contributed by atoms with E-state index in [9.17, 15) is 0 Å². The maximum absolute atomic E-state index is 5.78. The van der Waals surface area contributed by atoms with Gasteiger partial charge in [-0.15, -0.1) is 10.2 Å². The van der Waals surface area contributed by atoms with E-state index in [1.165, 1.54) is 6.33 Å². The van der Waals surface area contributed by atoms with Crippen molar-refractivity contribution in [3.63, 3.8) is 0 Å². The van der Waals surface area contributed by atoms with Crippen LogP contribution >= 0.6 is 0 Å². The van der Waals surface area contributed by atoms with Crippen molar-refractivity contribution in [3.05, 3.63) is 30.4 Å². The van der Waals surface area contributed by atoms with Crippen LogP contribution in [0.4, 0.5) is 5.95 Å². The van der Waals surface area contributed by atoms with E-state index >= 15 is 0 Å². The molecule has 0 saturated carbocycles. The van der Waals surface area contributed by atoms with Crippen molar-refractivity contribution in [1.29, 1.82) is 0 Å². The zero-order valence-electron chi connectivity index (χ0n) is 10.5. The van der Waals surface area contributed by atoms with Crippen molar-refractivity contribution in [2.45, 2.75) is 6.92 Å². The maximum Gasteiger partial charge on any atom is 0.216 e. The van der Waals surface area contributed by atoms with Gasteiger partial charge in [-0.3, -0.25) is 4.40 Å². The van der Waals surface area contributed by atoms with Gasteiger partial charge in [-0.2, -0.15) is 0 Å². The van der Waals surface area contributed by atoms with Gasteiger partial charge in [-0.05, 0) is 18.6 Å². The average molecular weight is 256 g/mol. The average Bonchev–Trinajstić information content (AvgIpc) is 2.90. The van der Waals surface area contributed by atoms with E-state index in [0.717, 1.165) is 16.7 Å². The Bertz CT molecular complexity index is 751. The molecule has 0 aliphatic carbocycles. The molecule has 0 fully saturated rings. The zero-order valence-corrected chi connectivity index (χ0v) is 10.5. The molecule has 19 heavy (non-hydrogen) atoms. The Morgan fingerprint density at radius 3 is 2.89 bits per heavy atom. The molecule has 3 heterocycles. The third-order valence-corrected chi connectivity index (χ3v) is 3.00. The summed E-state index contributed by atoms with van der Waals surface area (Å²) in [5.41, 5.74) is 9.13. The highest BCUT2D eigenvalue weighted by Gasteiger charge is 2.14. The topological polar surface area (TPSA) is 91.2 Å². The highest BCUT2D eigenvalue weighted by molar-refractivity contribution is 5.80. The first-order valence-corrected chi connectivity index (χ1v) is 5.66. The van der Waals surface area contributed by atoms with E-state index in [1.807, 2.05) is 13.0 Å². The number of ether oxygens (including phenoxy) is 1. The molecule has 3 aromatic rings. The molecular formula is C12H12N6O. The standard InChI is InChI=1S/C12H12N6O/c1-7-8(3-4-14-11(7)19-2)9-5-15-12(13)18-6-16-17-10(9)18/h3-6H,1-2H3,(H2,13,15). The molecule has 0 aromatic carbocycles. The summed E-state index contributed by atoms with van der Waals surface area (Å²) >= 11 is 0. The summed E-state index contributed by atoms with van der Waals surface area (Å²) in [4.78, 5) is 8.31. The predicted octanol–water partition coefficient (Wildman–Crippen LogP) is 1.09. The number of fused-ring (bicyclic) bond motifs is 1. The molecule has 7 nitrogen and oxygen atoms in total. The number of methoxy groups -OCH3 is 1. The number of aromatic nitrogens is 5. The van der Waals surface area contributed by atoms with Crippen LogP contribution in [-0.2, 0) is 0 Å². The van der Waals surface area contributed by atoms with Gasteiger partial charge in [0, 0.05) is 23.5 Å². The Morgan fingerprint density at radius 1 is 1.26 bits per heavy atom. The zero-order chi connectivity index (χ0) is 13.4. The lowest BCUT2D eigenvalue weighted by Gasteiger charge is -2.10. The van der Waals surface area contributed by atoms with Crippen LogP contribution < -0.4 is 10.5 Å². The Kier molecular flexibility index (Phi) is 2.52. The summed E-state index contributed by atoms with van der Waals surface area (Å²) in [5, 5.41) is 7.95. The van der Waals surface area contributed by atoms with Crippen LogP contribution in [0.25, 0.3) is 16.8 Å². The number of nitrogen functional groups attached to an aromatic ring is 1. The summed E-state index contributed by atoms with van der Waals surface area (Å²) in [6.45, 7) is 1.93. The lowest BCUT2D eigenvalue weighted by atomic mass is 10.0. The number of nitrogens with two attached hydrogens (primary N) is 1. The van der Waals surface area contributed by atoms with E-state index < -0.39 is 0 Å². The van der Waals surface area contributed by atoms with Crippen molar-refractivity contribution in [2.24, 2.45) is 0 Å². The monoisotopic (exact) mass is 256 g/mol. The molecule has 7 heteroatoms. The molecule has 96 valence electrons. The number of hydrogen-bond donors (Lipinski definition) is 1. The maximum atomic E-state index is 5.78. The number of pyridine rings is 1. The Hall–Kier alpha value is -2.70. The first-order valence-electron chi connectivity index (χ1n) is 5.66. The largest absolute Gasteiger partial charge is 0.481 e. The SMILES string of the molecule is COc1nccc(-c2cnc(N)n3cnnc23)c1C. The van der Waals surface area contributed by atoms with E-state index in [0.29, 0.717) is 17.5 Å². The number of anilines is 1. The number of rotatable bonds is 2. The fourth-order valence-corrected chi connectivity index (χ4v) is 2.04. The molecule has 2 N–H and O–H groups in total. The lowest BCUT2D eigenvalue weighted by molar-refractivity contribution is 0.395. The fraction of sp³-hybridized carbons (Fsp3) is 0.167. The third-order valence-electron chi connectivity index (χ3n) is 3.00. The van der Waals surface area contributed by atoms with E-state index in [1.54, 1.807) is 23.9 Å². The van der Waals surface area contributed by atoms with Gasteiger partial charge in [0.25, 0.3) is 0 Å². The summed E-state index contributed by atoms with van der Waals surface area (Å²) < 4.78 is 6.87. The molecular weight excluding hydrogens is 244 g/mol. The van der Waals surface area contributed by atoms with Crippen LogP contribution in [0, 0.1) is 6.92 Å². The molecule has 3 rings (SSSR count). The summed E-state index contributed by atoms with van der Waals surface area (Å²) in [7, 11) is 1.59. The summed E-state index contributed by atoms with van der Waals surface area (Å²) in [6.07, 6.45) is 4.90. The molecule has 0 bridgehead atoms. The van der Waals surface area contributed by atoms with Gasteiger partial charge < -0.3 is 10.5 Å². The van der Waals surface area contributed by atoms with Crippen LogP contribution in [0.15, 0.2) is 24.8 Å². The minimum absolute atomic E-state index is 0.349. The second-order valence-corrected chi connectivity index (χ2v) is 4.05. The highest BCUT2D eigenvalue weighted by Crippen LogP contribution is 2.30. The van der Waals surface area contributed by atoms with Crippen molar-refractivity contribution >= 4 is 11.6 Å². The molecule has 0 atom stereocenters. The highest BCUT2D eigenvalue weighted by atomic mass is 16.5. The first-order chi connectivity index (χ1) is 9.22. The molecule has 0 amide bonds. The van der Waals surface area contributed by atoms with E-state index in [2.05, 4.69) is 20.2 Å². The summed E-state index contributed by atoms with van der Waals surface area (Å²) in [5.74, 6) is 0.925. The van der Waals surface area contributed by atoms with E-state index in [4.69, 9.17) is 10.5 Å². The molecule has 0 aliphatic rings. The van der Waals surface area contributed by atoms with Crippen molar-refractivity contribution in [3.8, 4) is 17.0 Å². The smallest absolute Gasteiger partial charge is 0.216 e. The van der Waals surface area contributed by atoms with Gasteiger partial charge in [0.2, 0.25) is 11.8 Å². The predicted molar refractivity (Wildman–Crippen MR) is 69.7 cm³/mol. The minimum atomic E-state index is 0.349. The molecule has 0 radical (unpaired) electrons. The van der Waals surface area contributed by atoms with E-state index in [-0.39, 0.29) is 0 Å². The van der Waals surface area contributed by atoms with Gasteiger partial charge in [-0.25, -0.2) is 9.97 Å². The number of hydrogen-bond acceptors (Lipinski definition) is 6. The van der Waals surface area contributed by atoms with Gasteiger partial charge >= 0.3 is 0 Å². The molecule has 0 aliphatic heterocycles. The molecule has 0 spiro atoms. The second-order valence-electron chi connectivity index (χ2n) is 4.05. The number of nitrogens with zero attached hydrogens (tertiary/aromatic N) is 5. The van der Waals surface area contributed by atoms with Crippen molar-refractivity contribution in [2.75, 3.05) is 12.8 Å². The van der Waals surface area contributed by atoms with Crippen molar-refractivity contribution < 1.29 is 4.74 Å². The van der Waals surface area contributed by atoms with Crippen LogP contribution in [0.2, 0.25) is 0 Å². The normalized spacial score (nSPS) is 10.8. The summed E-state index contributed by atoms with van der Waals surface area (Å²) in [6, 6.07) is 1.89. The Morgan fingerprint density at radius 2 is 2.11 bits per heavy atom. The third kappa shape index (κ3) is 1.67. The minimum Gasteiger partial charge on any atom is -0.481 e. The van der Waals surface area contributed by atoms with Crippen molar-refractivity contribution in [1.82, 2.24) is 24.6 Å². The molecule has 0 unspecified atom stereocenters. The van der Waals surface area contributed by atoms with Gasteiger partial charge in [-0.1, -0.05) is 0 Å². The van der Waals surface area contributed by atoms with Crippen LogP contribution in [0.1, 0.15) is 5.56 Å². The van der Waals surface area contributed by atoms with Crippen LogP contribution in [-0.4, -0.2) is 31.7 Å². The van der Waals surface area contributed by atoms with Gasteiger partial charge in [0.05, 0.1) is 7.11 Å². The second kappa shape index (κ2) is 4.20. The molecule has 3 aromatic heterocycles. The van der Waals surface area contributed by atoms with Gasteiger partial charge in [0.1, 0.15) is 6.33 Å². The van der Waals surface area contributed by atoms with Gasteiger partial charge in [0.15, 0.2) is 5.65 Å². The Balaban J connectivity index is 2.31. The fourth-order valence-electron chi connectivity index (χ4n) is 2.04. The van der Waals surface area contributed by atoms with Crippen LogP contribution in [0.5, 0.6) is 5.88 Å². The molecule has 0 saturated heterocycles.